The molecule has 5 atom stereocenters. The molecule has 2 unspecified atom stereocenters. The fourth-order valence-electron chi connectivity index (χ4n) is 4.47. The third-order valence-corrected chi connectivity index (χ3v) is 5.43. The van der Waals surface area contributed by atoms with Crippen molar-refractivity contribution in [2.24, 2.45) is 5.92 Å². The molecule has 0 amide bonds. The van der Waals surface area contributed by atoms with E-state index in [-0.39, 0.29) is 24.7 Å². The summed E-state index contributed by atoms with van der Waals surface area (Å²) in [6.07, 6.45) is 0.658. The van der Waals surface area contributed by atoms with Crippen LogP contribution in [0.4, 0.5) is 0 Å². The SMILES string of the molecule is O=C1OC2C(c3cc4c(cc31)OCO4)[C@@H]1NCC[C@@H]1C[C@@H]2O. The lowest BCUT2D eigenvalue weighted by Gasteiger charge is -2.45. The Hall–Kier alpha value is -1.79. The van der Waals surface area contributed by atoms with Crippen molar-refractivity contribution in [3.05, 3.63) is 23.3 Å². The molecule has 3 heterocycles. The molecule has 22 heavy (non-hydrogen) atoms. The average molecular weight is 303 g/mol. The van der Waals surface area contributed by atoms with Crippen molar-refractivity contribution in [1.82, 2.24) is 5.32 Å². The summed E-state index contributed by atoms with van der Waals surface area (Å²) in [5.41, 5.74) is 1.45. The fraction of sp³-hybridized carbons (Fsp3) is 0.562. The van der Waals surface area contributed by atoms with Crippen LogP contribution in [0.15, 0.2) is 12.1 Å². The highest BCUT2D eigenvalue weighted by Gasteiger charge is 2.52. The number of nitrogens with one attached hydrogen (secondary N) is 1. The largest absolute Gasteiger partial charge is 0.455 e. The Balaban J connectivity index is 1.67. The lowest BCUT2D eigenvalue weighted by molar-refractivity contribution is -0.0684. The van der Waals surface area contributed by atoms with E-state index in [1.165, 1.54) is 0 Å². The van der Waals surface area contributed by atoms with Crippen molar-refractivity contribution >= 4 is 5.97 Å². The number of ether oxygens (including phenoxy) is 3. The van der Waals surface area contributed by atoms with Gasteiger partial charge in [0.1, 0.15) is 6.10 Å². The molecular weight excluding hydrogens is 286 g/mol. The minimum atomic E-state index is -0.603. The molecule has 2 fully saturated rings. The van der Waals surface area contributed by atoms with E-state index in [4.69, 9.17) is 14.2 Å². The summed E-state index contributed by atoms with van der Waals surface area (Å²) in [5, 5.41) is 14.0. The maximum atomic E-state index is 12.3. The zero-order valence-corrected chi connectivity index (χ0v) is 12.0. The maximum absolute atomic E-state index is 12.3. The number of benzene rings is 1. The van der Waals surface area contributed by atoms with E-state index in [1.54, 1.807) is 6.07 Å². The topological polar surface area (TPSA) is 77.0 Å². The summed E-state index contributed by atoms with van der Waals surface area (Å²) in [5.74, 6) is 1.26. The van der Waals surface area contributed by atoms with E-state index in [2.05, 4.69) is 5.32 Å². The predicted molar refractivity (Wildman–Crippen MR) is 75.0 cm³/mol. The number of aliphatic hydroxyl groups is 1. The van der Waals surface area contributed by atoms with Gasteiger partial charge >= 0.3 is 5.97 Å². The van der Waals surface area contributed by atoms with E-state index in [0.29, 0.717) is 29.4 Å². The van der Waals surface area contributed by atoms with Crippen molar-refractivity contribution in [1.29, 1.82) is 0 Å². The molecule has 5 rings (SSSR count). The van der Waals surface area contributed by atoms with E-state index >= 15 is 0 Å². The smallest absolute Gasteiger partial charge is 0.338 e. The van der Waals surface area contributed by atoms with Gasteiger partial charge < -0.3 is 24.6 Å². The zero-order chi connectivity index (χ0) is 14.8. The molecule has 1 aliphatic carbocycles. The first-order valence-corrected chi connectivity index (χ1v) is 7.78. The Labute approximate surface area is 127 Å². The third-order valence-electron chi connectivity index (χ3n) is 5.43. The second-order valence-corrected chi connectivity index (χ2v) is 6.52. The molecule has 3 aliphatic heterocycles. The first-order valence-electron chi connectivity index (χ1n) is 7.78. The molecule has 4 aliphatic rings. The molecule has 0 spiro atoms. The van der Waals surface area contributed by atoms with Crippen molar-refractivity contribution in [3.63, 3.8) is 0 Å². The number of esters is 1. The second-order valence-electron chi connectivity index (χ2n) is 6.52. The number of fused-ring (bicyclic) bond motifs is 6. The predicted octanol–water partition coefficient (Wildman–Crippen LogP) is 0.781. The maximum Gasteiger partial charge on any atom is 0.338 e. The summed E-state index contributed by atoms with van der Waals surface area (Å²) in [7, 11) is 0. The zero-order valence-electron chi connectivity index (χ0n) is 12.0. The second kappa shape index (κ2) is 4.36. The molecule has 0 radical (unpaired) electrons. The summed E-state index contributed by atoms with van der Waals surface area (Å²) in [4.78, 5) is 12.3. The molecule has 1 aromatic rings. The number of aliphatic hydroxyl groups excluding tert-OH is 1. The van der Waals surface area contributed by atoms with Crippen molar-refractivity contribution < 1.29 is 24.1 Å². The van der Waals surface area contributed by atoms with E-state index in [0.717, 1.165) is 18.5 Å². The van der Waals surface area contributed by atoms with Crippen LogP contribution in [-0.2, 0) is 4.74 Å². The standard InChI is InChI=1S/C16H17NO5/c18-10-3-7-1-2-17-14(7)13-8-4-11-12(21-6-20-11)5-9(8)16(19)22-15(10)13/h4-5,7,10,13-15,17-18H,1-3,6H2/t7-,10+,13?,14-,15?/m1/s1. The Morgan fingerprint density at radius 3 is 2.91 bits per heavy atom. The Morgan fingerprint density at radius 1 is 1.23 bits per heavy atom. The summed E-state index contributed by atoms with van der Waals surface area (Å²) in [6, 6.07) is 3.84. The van der Waals surface area contributed by atoms with Crippen LogP contribution in [0.5, 0.6) is 11.5 Å². The van der Waals surface area contributed by atoms with Gasteiger partial charge in [0.2, 0.25) is 6.79 Å². The van der Waals surface area contributed by atoms with Crippen LogP contribution in [0.1, 0.15) is 34.7 Å². The molecule has 1 aromatic carbocycles. The summed E-state index contributed by atoms with van der Waals surface area (Å²) in [6.45, 7) is 1.12. The number of hydrogen-bond acceptors (Lipinski definition) is 6. The Morgan fingerprint density at radius 2 is 2.05 bits per heavy atom. The molecular formula is C16H17NO5. The van der Waals surface area contributed by atoms with Crippen molar-refractivity contribution in [3.8, 4) is 11.5 Å². The molecule has 1 saturated carbocycles. The number of rotatable bonds is 0. The molecule has 0 aromatic heterocycles. The molecule has 2 N–H and O–H groups in total. The van der Waals surface area contributed by atoms with Crippen molar-refractivity contribution in [2.45, 2.75) is 37.0 Å². The van der Waals surface area contributed by atoms with Crippen LogP contribution in [0.2, 0.25) is 0 Å². The normalized spacial score (nSPS) is 38.0. The quantitative estimate of drug-likeness (QED) is 0.690. The highest BCUT2D eigenvalue weighted by molar-refractivity contribution is 5.94. The number of hydrogen-bond donors (Lipinski definition) is 2. The summed E-state index contributed by atoms with van der Waals surface area (Å²) < 4.78 is 16.4. The highest BCUT2D eigenvalue weighted by Crippen LogP contribution is 2.48. The number of carbonyl (C=O) groups excluding carboxylic acids is 1. The monoisotopic (exact) mass is 303 g/mol. The number of carbonyl (C=O) groups is 1. The first kappa shape index (κ1) is 12.7. The molecule has 6 nitrogen and oxygen atoms in total. The van der Waals surface area contributed by atoms with Gasteiger partial charge in [-0.3, -0.25) is 0 Å². The minimum absolute atomic E-state index is 0.0292. The van der Waals surface area contributed by atoms with Gasteiger partial charge in [-0.05, 0) is 43.0 Å². The van der Waals surface area contributed by atoms with Crippen LogP contribution in [0.25, 0.3) is 0 Å². The van der Waals surface area contributed by atoms with E-state index in [1.807, 2.05) is 6.07 Å². The fourth-order valence-corrected chi connectivity index (χ4v) is 4.47. The van der Waals surface area contributed by atoms with Gasteiger partial charge in [-0.2, -0.15) is 0 Å². The van der Waals surface area contributed by atoms with E-state index < -0.39 is 12.2 Å². The van der Waals surface area contributed by atoms with Gasteiger partial charge in [-0.25, -0.2) is 4.79 Å². The van der Waals surface area contributed by atoms with Gasteiger partial charge in [-0.15, -0.1) is 0 Å². The van der Waals surface area contributed by atoms with Crippen LogP contribution < -0.4 is 14.8 Å². The van der Waals surface area contributed by atoms with Crippen molar-refractivity contribution in [2.75, 3.05) is 13.3 Å². The van der Waals surface area contributed by atoms with Crippen LogP contribution >= 0.6 is 0 Å². The lowest BCUT2D eigenvalue weighted by Crippen LogP contribution is -2.54. The van der Waals surface area contributed by atoms with Gasteiger partial charge in [0.05, 0.1) is 11.7 Å². The molecule has 116 valence electrons. The molecule has 6 heteroatoms. The highest BCUT2D eigenvalue weighted by atomic mass is 16.7. The van der Waals surface area contributed by atoms with Crippen LogP contribution in [0.3, 0.4) is 0 Å². The van der Waals surface area contributed by atoms with Gasteiger partial charge in [0.15, 0.2) is 11.5 Å². The van der Waals surface area contributed by atoms with Crippen LogP contribution in [0, 0.1) is 5.92 Å². The average Bonchev–Trinajstić information content (AvgIpc) is 3.14. The van der Waals surface area contributed by atoms with Gasteiger partial charge in [0, 0.05) is 12.0 Å². The lowest BCUT2D eigenvalue weighted by atomic mass is 9.69. The summed E-state index contributed by atoms with van der Waals surface area (Å²) >= 11 is 0. The Bertz CT molecular complexity index is 660. The third kappa shape index (κ3) is 1.59. The Kier molecular flexibility index (Phi) is 2.52. The molecule has 0 bridgehead atoms. The molecule has 1 saturated heterocycles. The van der Waals surface area contributed by atoms with Gasteiger partial charge in [-0.1, -0.05) is 0 Å². The minimum Gasteiger partial charge on any atom is -0.455 e. The first-order chi connectivity index (χ1) is 10.7. The van der Waals surface area contributed by atoms with Crippen LogP contribution in [-0.4, -0.2) is 42.7 Å². The van der Waals surface area contributed by atoms with Gasteiger partial charge in [0.25, 0.3) is 0 Å². The van der Waals surface area contributed by atoms with E-state index in [9.17, 15) is 9.90 Å².